The number of hydrogen-bond donors (Lipinski definition) is 2. The molecule has 0 unspecified atom stereocenters. The Balaban J connectivity index is 0.000000251. The van der Waals surface area contributed by atoms with E-state index in [1.165, 1.54) is 6.07 Å². The molecule has 0 aromatic heterocycles. The van der Waals surface area contributed by atoms with Gasteiger partial charge in [-0.05, 0) is 17.2 Å². The second kappa shape index (κ2) is 3.39. The van der Waals surface area contributed by atoms with Gasteiger partial charge in [0.25, 0.3) is 0 Å². The second-order valence-electron chi connectivity index (χ2n) is 2.37. The van der Waals surface area contributed by atoms with Crippen molar-refractivity contribution in [3.05, 3.63) is 23.8 Å². The van der Waals surface area contributed by atoms with E-state index in [-0.39, 0.29) is 7.69 Å². The van der Waals surface area contributed by atoms with Crippen molar-refractivity contribution in [1.82, 2.24) is 0 Å². The Hall–Kier alpha value is -1.01. The summed E-state index contributed by atoms with van der Waals surface area (Å²) in [7, 11) is 0. The zero-order valence-electron chi connectivity index (χ0n) is 6.34. The van der Waals surface area contributed by atoms with Gasteiger partial charge >= 0.3 is 13.9 Å². The molecule has 1 radical (unpaired) electrons. The number of rotatable bonds is 0. The average Bonchev–Trinajstić information content (AvgIpc) is 1.94. The van der Waals surface area contributed by atoms with Crippen LogP contribution < -0.4 is 0 Å². The van der Waals surface area contributed by atoms with Crippen molar-refractivity contribution < 1.29 is 23.2 Å². The highest BCUT2D eigenvalue weighted by Crippen LogP contribution is 2.45. The van der Waals surface area contributed by atoms with Crippen LogP contribution in [0.3, 0.4) is 0 Å². The van der Waals surface area contributed by atoms with Gasteiger partial charge in [0.15, 0.2) is 0 Å². The van der Waals surface area contributed by atoms with Gasteiger partial charge in [0.1, 0.15) is 0 Å². The molecule has 2 aliphatic rings. The molecule has 2 rings (SSSR count). The molecule has 0 aromatic rings. The highest BCUT2D eigenvalue weighted by molar-refractivity contribution is 6.13. The van der Waals surface area contributed by atoms with Crippen LogP contribution in [0.15, 0.2) is 18.2 Å². The first-order valence-electron chi connectivity index (χ1n) is 3.32. The molecule has 69 valence electrons. The molecule has 0 aliphatic heterocycles. The Morgan fingerprint density at radius 2 is 1.69 bits per heavy atom. The number of alkyl halides is 3. The van der Waals surface area contributed by atoms with E-state index in [4.69, 9.17) is 10.0 Å². The van der Waals surface area contributed by atoms with Gasteiger partial charge in [-0.15, -0.1) is 0 Å². The summed E-state index contributed by atoms with van der Waals surface area (Å²) in [6.07, 6.45) is -4.15. The maximum absolute atomic E-state index is 11.8. The molecule has 6 heteroatoms. The maximum Gasteiger partial charge on any atom is 0.482 e. The van der Waals surface area contributed by atoms with Crippen molar-refractivity contribution in [3.63, 3.8) is 0 Å². The largest absolute Gasteiger partial charge is 0.482 e. The predicted octanol–water partition coefficient (Wildman–Crippen LogP) is 1.19. The first-order valence-corrected chi connectivity index (χ1v) is 3.32. The minimum atomic E-state index is -4.15. The topological polar surface area (TPSA) is 40.5 Å². The van der Waals surface area contributed by atoms with Gasteiger partial charge in [0.2, 0.25) is 0 Å². The van der Waals surface area contributed by atoms with E-state index in [0.29, 0.717) is 5.56 Å². The minimum absolute atomic E-state index is 0. The van der Waals surface area contributed by atoms with Crippen LogP contribution in [-0.4, -0.2) is 17.7 Å². The molecule has 13 heavy (non-hydrogen) atoms. The van der Waals surface area contributed by atoms with Gasteiger partial charge in [-0.2, -0.15) is 13.2 Å². The summed E-state index contributed by atoms with van der Waals surface area (Å²) in [6.45, 7) is 0. The van der Waals surface area contributed by atoms with Crippen molar-refractivity contribution in [2.24, 2.45) is 0 Å². The standard InChI is InChI=1S/C7H3F3.BH2O2/c8-7(9,10)6-3-4-1-2-5(4)6;2-1-3/h1-3H;2-3H. The molecule has 0 aromatic carbocycles. The van der Waals surface area contributed by atoms with E-state index in [1.54, 1.807) is 6.07 Å². The number of fused-ring (bicyclic) bond motifs is 1. The first-order chi connectivity index (χ1) is 6.00. The zero-order chi connectivity index (χ0) is 10.1. The Kier molecular flexibility index (Phi) is 2.63. The van der Waals surface area contributed by atoms with E-state index in [0.717, 1.165) is 11.6 Å². The van der Waals surface area contributed by atoms with Crippen molar-refractivity contribution >= 4 is 7.69 Å². The zero-order valence-corrected chi connectivity index (χ0v) is 6.34. The van der Waals surface area contributed by atoms with Gasteiger partial charge in [-0.3, -0.25) is 0 Å². The Labute approximate surface area is 72.9 Å². The lowest BCUT2D eigenvalue weighted by molar-refractivity contribution is -0.137. The summed E-state index contributed by atoms with van der Waals surface area (Å²) >= 11 is 0. The van der Waals surface area contributed by atoms with Crippen molar-refractivity contribution in [2.45, 2.75) is 6.18 Å². The third-order valence-electron chi connectivity index (χ3n) is 1.64. The van der Waals surface area contributed by atoms with Crippen LogP contribution in [0.4, 0.5) is 13.2 Å². The van der Waals surface area contributed by atoms with Crippen molar-refractivity contribution in [2.75, 3.05) is 0 Å². The van der Waals surface area contributed by atoms with Crippen LogP contribution >= 0.6 is 0 Å². The first kappa shape index (κ1) is 10.1. The van der Waals surface area contributed by atoms with Crippen LogP contribution in [0.5, 0.6) is 0 Å². The number of hydrogen-bond acceptors (Lipinski definition) is 2. The monoisotopic (exact) mass is 189 g/mol. The summed E-state index contributed by atoms with van der Waals surface area (Å²) in [5.41, 5.74) is 0.616. The Morgan fingerprint density at radius 3 is 1.77 bits per heavy atom. The molecule has 0 atom stereocenters. The molecule has 0 amide bonds. The van der Waals surface area contributed by atoms with Crippen LogP contribution in [0.1, 0.15) is 5.56 Å². The fraction of sp³-hybridized carbons (Fsp3) is 0.143. The summed E-state index contributed by atoms with van der Waals surface area (Å²) in [6, 6.07) is 4.32. The maximum atomic E-state index is 11.8. The normalized spacial score (nSPS) is 11.5. The van der Waals surface area contributed by atoms with Gasteiger partial charge in [0.05, 0.1) is 5.56 Å². The molecule has 0 spiro atoms. The Morgan fingerprint density at radius 1 is 1.15 bits per heavy atom. The smallest absolute Gasteiger partial charge is 0.429 e. The van der Waals surface area contributed by atoms with E-state index < -0.39 is 11.7 Å². The lowest BCUT2D eigenvalue weighted by Gasteiger charge is -2.22. The summed E-state index contributed by atoms with van der Waals surface area (Å²) < 4.78 is 35.5. The van der Waals surface area contributed by atoms with E-state index >= 15 is 0 Å². The van der Waals surface area contributed by atoms with Gasteiger partial charge in [0, 0.05) is 0 Å². The van der Waals surface area contributed by atoms with Crippen LogP contribution in [0.2, 0.25) is 0 Å². The molecule has 0 saturated carbocycles. The SMILES string of the molecule is FC(F)(F)c1cc2ccc1-2.O[B]O. The molecule has 0 saturated heterocycles. The fourth-order valence-electron chi connectivity index (χ4n) is 1.02. The quantitative estimate of drug-likeness (QED) is 0.611. The van der Waals surface area contributed by atoms with Crippen LogP contribution in [0, 0.1) is 0 Å². The fourth-order valence-corrected chi connectivity index (χ4v) is 1.02. The van der Waals surface area contributed by atoms with Gasteiger partial charge in [-0.1, -0.05) is 12.1 Å². The lowest BCUT2D eigenvalue weighted by Crippen LogP contribution is -2.12. The summed E-state index contributed by atoms with van der Waals surface area (Å²) in [5.74, 6) is 0. The lowest BCUT2D eigenvalue weighted by atomic mass is 9.86. The van der Waals surface area contributed by atoms with Crippen molar-refractivity contribution in [1.29, 1.82) is 0 Å². The molecule has 0 heterocycles. The average molecular weight is 189 g/mol. The van der Waals surface area contributed by atoms with E-state index in [2.05, 4.69) is 0 Å². The second-order valence-corrected chi connectivity index (χ2v) is 2.37. The van der Waals surface area contributed by atoms with E-state index in [1.807, 2.05) is 0 Å². The van der Waals surface area contributed by atoms with Gasteiger partial charge < -0.3 is 10.0 Å². The summed E-state index contributed by atoms with van der Waals surface area (Å²) in [4.78, 5) is 0. The molecule has 2 aliphatic carbocycles. The van der Waals surface area contributed by atoms with Crippen LogP contribution in [0.25, 0.3) is 11.1 Å². The highest BCUT2D eigenvalue weighted by atomic mass is 19.4. The molecular formula is C7H5BF3O2. The van der Waals surface area contributed by atoms with E-state index in [9.17, 15) is 13.2 Å². The van der Waals surface area contributed by atoms with Crippen molar-refractivity contribution in [3.8, 4) is 11.1 Å². The highest BCUT2D eigenvalue weighted by Gasteiger charge is 2.38. The molecule has 2 N–H and O–H groups in total. The Bertz CT molecular complexity index is 311. The number of halogens is 3. The third kappa shape index (κ3) is 1.84. The molecule has 0 fully saturated rings. The minimum Gasteiger partial charge on any atom is -0.429 e. The number of benzene rings is 1. The predicted molar refractivity (Wildman–Crippen MR) is 40.6 cm³/mol. The molecule has 2 nitrogen and oxygen atoms in total. The van der Waals surface area contributed by atoms with Gasteiger partial charge in [-0.25, -0.2) is 0 Å². The van der Waals surface area contributed by atoms with Crippen LogP contribution in [-0.2, 0) is 6.18 Å². The molecule has 0 bridgehead atoms. The molecular weight excluding hydrogens is 184 g/mol. The third-order valence-corrected chi connectivity index (χ3v) is 1.64. The summed E-state index contributed by atoms with van der Waals surface area (Å²) in [5, 5.41) is 14.0.